The molecule has 1 aromatic heterocycles. The Morgan fingerprint density at radius 3 is 2.72 bits per heavy atom. The molecule has 1 N–H and O–H groups in total. The Balaban J connectivity index is 2.55. The summed E-state index contributed by atoms with van der Waals surface area (Å²) in [5, 5.41) is 17.4. The highest BCUT2D eigenvalue weighted by atomic mass is 16.4. The topological polar surface area (TPSA) is 68.0 Å². The van der Waals surface area contributed by atoms with Crippen LogP contribution in [0.2, 0.25) is 0 Å². The van der Waals surface area contributed by atoms with E-state index in [0.717, 1.165) is 6.42 Å². The summed E-state index contributed by atoms with van der Waals surface area (Å²) < 4.78 is 1.72. The van der Waals surface area contributed by atoms with Crippen LogP contribution in [-0.2, 0) is 0 Å². The van der Waals surface area contributed by atoms with Crippen molar-refractivity contribution in [3.05, 3.63) is 23.8 Å². The molecule has 5 heteroatoms. The van der Waals surface area contributed by atoms with Crippen LogP contribution in [-0.4, -0.2) is 26.1 Å². The smallest absolute Gasteiger partial charge is 0.337 e. The van der Waals surface area contributed by atoms with Gasteiger partial charge in [-0.25, -0.2) is 9.48 Å². The maximum Gasteiger partial charge on any atom is 0.337 e. The second-order valence-corrected chi connectivity index (χ2v) is 4.99. The second-order valence-electron chi connectivity index (χ2n) is 4.99. The number of carboxylic acid groups (broad SMARTS) is 1. The minimum absolute atomic E-state index is 0.135. The van der Waals surface area contributed by atoms with Gasteiger partial charge < -0.3 is 5.11 Å². The van der Waals surface area contributed by atoms with Crippen LogP contribution in [0.4, 0.5) is 0 Å². The SMILES string of the molecule is CC(C)CC(C)n1nnc2cccc(C(=O)O)c21. The Labute approximate surface area is 105 Å². The van der Waals surface area contributed by atoms with E-state index in [0.29, 0.717) is 17.0 Å². The van der Waals surface area contributed by atoms with Crippen LogP contribution in [0.5, 0.6) is 0 Å². The highest BCUT2D eigenvalue weighted by molar-refractivity contribution is 6.00. The summed E-state index contributed by atoms with van der Waals surface area (Å²) in [4.78, 5) is 11.2. The molecule has 1 aromatic carbocycles. The number of para-hydroxylation sites is 1. The molecule has 0 radical (unpaired) electrons. The highest BCUT2D eigenvalue weighted by Gasteiger charge is 2.18. The van der Waals surface area contributed by atoms with Gasteiger partial charge in [0.05, 0.1) is 11.6 Å². The van der Waals surface area contributed by atoms with Crippen molar-refractivity contribution in [2.24, 2.45) is 5.92 Å². The van der Waals surface area contributed by atoms with Gasteiger partial charge in [-0.15, -0.1) is 5.10 Å². The van der Waals surface area contributed by atoms with Crippen molar-refractivity contribution < 1.29 is 9.90 Å². The minimum Gasteiger partial charge on any atom is -0.478 e. The molecule has 0 saturated heterocycles. The zero-order chi connectivity index (χ0) is 13.3. The third-order valence-corrected chi connectivity index (χ3v) is 2.95. The number of rotatable bonds is 4. The van der Waals surface area contributed by atoms with Gasteiger partial charge in [0.15, 0.2) is 0 Å². The van der Waals surface area contributed by atoms with Gasteiger partial charge in [0.1, 0.15) is 11.0 Å². The molecule has 0 saturated carbocycles. The van der Waals surface area contributed by atoms with Crippen LogP contribution < -0.4 is 0 Å². The van der Waals surface area contributed by atoms with E-state index in [9.17, 15) is 9.90 Å². The molecular formula is C13H17N3O2. The van der Waals surface area contributed by atoms with E-state index in [1.54, 1.807) is 22.9 Å². The molecule has 1 atom stereocenters. The Kier molecular flexibility index (Phi) is 3.32. The van der Waals surface area contributed by atoms with Crippen molar-refractivity contribution in [2.75, 3.05) is 0 Å². The van der Waals surface area contributed by atoms with E-state index in [1.807, 2.05) is 6.92 Å². The molecule has 5 nitrogen and oxygen atoms in total. The van der Waals surface area contributed by atoms with Crippen LogP contribution in [0, 0.1) is 5.92 Å². The summed E-state index contributed by atoms with van der Waals surface area (Å²) in [6.45, 7) is 6.30. The van der Waals surface area contributed by atoms with Crippen LogP contribution in [0.15, 0.2) is 18.2 Å². The predicted octanol–water partition coefficient (Wildman–Crippen LogP) is 2.74. The maximum absolute atomic E-state index is 11.2. The molecule has 0 aliphatic carbocycles. The van der Waals surface area contributed by atoms with Crippen LogP contribution >= 0.6 is 0 Å². The summed E-state index contributed by atoms with van der Waals surface area (Å²) in [6.07, 6.45) is 0.937. The molecule has 2 rings (SSSR count). The fraction of sp³-hybridized carbons (Fsp3) is 0.462. The molecular weight excluding hydrogens is 230 g/mol. The number of carboxylic acids is 1. The zero-order valence-corrected chi connectivity index (χ0v) is 10.8. The van der Waals surface area contributed by atoms with Gasteiger partial charge in [0, 0.05) is 0 Å². The number of hydrogen-bond acceptors (Lipinski definition) is 3. The molecule has 2 aromatic rings. The molecule has 0 spiro atoms. The molecule has 96 valence electrons. The number of aromatic carboxylic acids is 1. The van der Waals surface area contributed by atoms with Crippen LogP contribution in [0.25, 0.3) is 11.0 Å². The van der Waals surface area contributed by atoms with E-state index in [4.69, 9.17) is 0 Å². The number of hydrogen-bond donors (Lipinski definition) is 1. The predicted molar refractivity (Wildman–Crippen MR) is 68.7 cm³/mol. The summed E-state index contributed by atoms with van der Waals surface area (Å²) in [7, 11) is 0. The summed E-state index contributed by atoms with van der Waals surface area (Å²) in [6, 6.07) is 5.20. The third kappa shape index (κ3) is 2.20. The largest absolute Gasteiger partial charge is 0.478 e. The molecule has 0 aliphatic heterocycles. The van der Waals surface area contributed by atoms with Crippen molar-refractivity contribution in [1.82, 2.24) is 15.0 Å². The number of benzene rings is 1. The first-order valence-corrected chi connectivity index (χ1v) is 6.08. The van der Waals surface area contributed by atoms with Crippen LogP contribution in [0.3, 0.4) is 0 Å². The third-order valence-electron chi connectivity index (χ3n) is 2.95. The lowest BCUT2D eigenvalue weighted by Crippen LogP contribution is -2.12. The Morgan fingerprint density at radius 1 is 1.39 bits per heavy atom. The van der Waals surface area contributed by atoms with Crippen molar-refractivity contribution in [1.29, 1.82) is 0 Å². The lowest BCUT2D eigenvalue weighted by Gasteiger charge is -2.15. The first-order chi connectivity index (χ1) is 8.50. The van der Waals surface area contributed by atoms with Crippen molar-refractivity contribution >= 4 is 17.0 Å². The van der Waals surface area contributed by atoms with E-state index in [-0.39, 0.29) is 11.6 Å². The fourth-order valence-electron chi connectivity index (χ4n) is 2.26. The zero-order valence-electron chi connectivity index (χ0n) is 10.8. The normalized spacial score (nSPS) is 13.1. The minimum atomic E-state index is -0.944. The van der Waals surface area contributed by atoms with Gasteiger partial charge in [-0.05, 0) is 31.4 Å². The average molecular weight is 247 g/mol. The molecule has 0 fully saturated rings. The second kappa shape index (κ2) is 4.76. The van der Waals surface area contributed by atoms with Gasteiger partial charge in [-0.3, -0.25) is 0 Å². The molecule has 18 heavy (non-hydrogen) atoms. The molecule has 1 heterocycles. The van der Waals surface area contributed by atoms with Crippen LogP contribution in [0.1, 0.15) is 43.6 Å². The van der Waals surface area contributed by atoms with Gasteiger partial charge >= 0.3 is 5.97 Å². The van der Waals surface area contributed by atoms with Crippen molar-refractivity contribution in [3.63, 3.8) is 0 Å². The van der Waals surface area contributed by atoms with E-state index < -0.39 is 5.97 Å². The van der Waals surface area contributed by atoms with Crippen molar-refractivity contribution in [3.8, 4) is 0 Å². The van der Waals surface area contributed by atoms with Gasteiger partial charge in [-0.2, -0.15) is 0 Å². The number of carbonyl (C=O) groups is 1. The summed E-state index contributed by atoms with van der Waals surface area (Å²) in [5.41, 5.74) is 1.50. The Morgan fingerprint density at radius 2 is 2.11 bits per heavy atom. The number of nitrogens with zero attached hydrogens (tertiary/aromatic N) is 3. The monoisotopic (exact) mass is 247 g/mol. The summed E-state index contributed by atoms with van der Waals surface area (Å²) >= 11 is 0. The van der Waals surface area contributed by atoms with Crippen molar-refractivity contribution in [2.45, 2.75) is 33.2 Å². The molecule has 0 amide bonds. The Hall–Kier alpha value is -1.91. The quantitative estimate of drug-likeness (QED) is 0.902. The molecule has 0 aliphatic rings. The summed E-state index contributed by atoms with van der Waals surface area (Å²) in [5.74, 6) is -0.419. The molecule has 0 bridgehead atoms. The molecule has 1 unspecified atom stereocenters. The Bertz CT molecular complexity index is 575. The lowest BCUT2D eigenvalue weighted by atomic mass is 10.0. The van der Waals surface area contributed by atoms with Gasteiger partial charge in [-0.1, -0.05) is 25.1 Å². The number of aromatic nitrogens is 3. The fourth-order valence-corrected chi connectivity index (χ4v) is 2.26. The maximum atomic E-state index is 11.2. The average Bonchev–Trinajstić information content (AvgIpc) is 2.70. The highest BCUT2D eigenvalue weighted by Crippen LogP contribution is 2.23. The number of fused-ring (bicyclic) bond motifs is 1. The van der Waals surface area contributed by atoms with Gasteiger partial charge in [0.25, 0.3) is 0 Å². The first-order valence-electron chi connectivity index (χ1n) is 6.08. The standard InChI is InChI=1S/C13H17N3O2/c1-8(2)7-9(3)16-12-10(13(17)18)5-4-6-11(12)14-15-16/h4-6,8-9H,7H2,1-3H3,(H,17,18). The van der Waals surface area contributed by atoms with E-state index in [2.05, 4.69) is 24.2 Å². The lowest BCUT2D eigenvalue weighted by molar-refractivity contribution is 0.0698. The van der Waals surface area contributed by atoms with E-state index in [1.165, 1.54) is 0 Å². The van der Waals surface area contributed by atoms with E-state index >= 15 is 0 Å². The van der Waals surface area contributed by atoms with Gasteiger partial charge in [0.2, 0.25) is 0 Å². The first kappa shape index (κ1) is 12.5.